The standard InChI is InChI=1S/C18H18Se/c1-3-4-10-18(16-13-11-15(2)12-14-16)19-17-8-6-5-7-9-17/h3,5-14H,1,4H2,2H3/b18-10-. The number of allylic oxidation sites excluding steroid dienone is 2. The first-order valence-corrected chi connectivity index (χ1v) is 8.12. The van der Waals surface area contributed by atoms with Crippen molar-refractivity contribution in [2.75, 3.05) is 0 Å². The molecule has 0 aliphatic heterocycles. The average molecular weight is 313 g/mol. The maximum absolute atomic E-state index is 3.81. The van der Waals surface area contributed by atoms with Crippen LogP contribution in [-0.2, 0) is 0 Å². The molecule has 0 radical (unpaired) electrons. The van der Waals surface area contributed by atoms with E-state index in [9.17, 15) is 0 Å². The minimum absolute atomic E-state index is 0.347. The zero-order valence-electron chi connectivity index (χ0n) is 11.2. The van der Waals surface area contributed by atoms with E-state index in [2.05, 4.69) is 74.2 Å². The summed E-state index contributed by atoms with van der Waals surface area (Å²) < 4.78 is 2.84. The molecule has 0 bridgehead atoms. The van der Waals surface area contributed by atoms with E-state index in [-0.39, 0.29) is 0 Å². The molecule has 0 aromatic heterocycles. The normalized spacial score (nSPS) is 11.3. The van der Waals surface area contributed by atoms with E-state index in [0.29, 0.717) is 15.0 Å². The molecule has 2 aromatic carbocycles. The van der Waals surface area contributed by atoms with Gasteiger partial charge in [0.25, 0.3) is 0 Å². The van der Waals surface area contributed by atoms with E-state index in [1.807, 2.05) is 6.08 Å². The Morgan fingerprint density at radius 2 is 1.74 bits per heavy atom. The van der Waals surface area contributed by atoms with Gasteiger partial charge in [-0.25, -0.2) is 0 Å². The molecule has 0 aliphatic rings. The van der Waals surface area contributed by atoms with Crippen LogP contribution in [0.5, 0.6) is 0 Å². The Morgan fingerprint density at radius 3 is 2.37 bits per heavy atom. The van der Waals surface area contributed by atoms with Crippen molar-refractivity contribution in [3.63, 3.8) is 0 Å². The van der Waals surface area contributed by atoms with E-state index in [1.54, 1.807) is 0 Å². The van der Waals surface area contributed by atoms with Crippen LogP contribution < -0.4 is 4.46 Å². The predicted octanol–water partition coefficient (Wildman–Crippen LogP) is 3.94. The van der Waals surface area contributed by atoms with Gasteiger partial charge >= 0.3 is 122 Å². The molecule has 0 spiro atoms. The summed E-state index contributed by atoms with van der Waals surface area (Å²) in [5, 5.41) is 0. The first kappa shape index (κ1) is 13.9. The van der Waals surface area contributed by atoms with Crippen molar-refractivity contribution in [3.05, 3.63) is 84.5 Å². The van der Waals surface area contributed by atoms with E-state index in [0.717, 1.165) is 6.42 Å². The van der Waals surface area contributed by atoms with Gasteiger partial charge in [-0.15, -0.1) is 0 Å². The fourth-order valence-electron chi connectivity index (χ4n) is 1.74. The molecule has 0 saturated carbocycles. The van der Waals surface area contributed by atoms with Crippen LogP contribution in [0.4, 0.5) is 0 Å². The number of aryl methyl sites for hydroxylation is 1. The zero-order valence-corrected chi connectivity index (χ0v) is 12.9. The number of benzene rings is 2. The first-order valence-electron chi connectivity index (χ1n) is 6.40. The first-order chi connectivity index (χ1) is 9.29. The predicted molar refractivity (Wildman–Crippen MR) is 85.8 cm³/mol. The average Bonchev–Trinajstić information content (AvgIpc) is 2.45. The van der Waals surface area contributed by atoms with E-state index in [4.69, 9.17) is 0 Å². The van der Waals surface area contributed by atoms with Gasteiger partial charge < -0.3 is 0 Å². The van der Waals surface area contributed by atoms with Crippen LogP contribution in [0.2, 0.25) is 0 Å². The van der Waals surface area contributed by atoms with Gasteiger partial charge in [0.05, 0.1) is 0 Å². The van der Waals surface area contributed by atoms with Crippen molar-refractivity contribution >= 4 is 23.9 Å². The Balaban J connectivity index is 2.26. The van der Waals surface area contributed by atoms with E-state index in [1.165, 1.54) is 20.1 Å². The zero-order chi connectivity index (χ0) is 13.5. The minimum atomic E-state index is 0.347. The molecule has 0 fully saturated rings. The van der Waals surface area contributed by atoms with Gasteiger partial charge in [-0.1, -0.05) is 0 Å². The van der Waals surface area contributed by atoms with Crippen LogP contribution in [0.1, 0.15) is 17.5 Å². The summed E-state index contributed by atoms with van der Waals surface area (Å²) in [6.45, 7) is 5.93. The van der Waals surface area contributed by atoms with Gasteiger partial charge in [0, 0.05) is 0 Å². The van der Waals surface area contributed by atoms with Crippen molar-refractivity contribution in [2.45, 2.75) is 13.3 Å². The monoisotopic (exact) mass is 314 g/mol. The molecule has 0 aliphatic carbocycles. The maximum atomic E-state index is 3.81. The molecule has 0 saturated heterocycles. The summed E-state index contributed by atoms with van der Waals surface area (Å²) >= 11 is 0.347. The van der Waals surface area contributed by atoms with Crippen LogP contribution >= 0.6 is 0 Å². The summed E-state index contributed by atoms with van der Waals surface area (Å²) in [5.41, 5.74) is 2.63. The Kier molecular flexibility index (Phi) is 5.20. The Hall–Kier alpha value is -1.56. The molecule has 0 N–H and O–H groups in total. The third kappa shape index (κ3) is 4.24. The Bertz CT molecular complexity index is 550. The van der Waals surface area contributed by atoms with Gasteiger partial charge in [0.15, 0.2) is 0 Å². The molecule has 0 heterocycles. The van der Waals surface area contributed by atoms with Gasteiger partial charge in [0.1, 0.15) is 0 Å². The molecular weight excluding hydrogens is 295 g/mol. The van der Waals surface area contributed by atoms with Gasteiger partial charge in [-0.3, -0.25) is 0 Å². The summed E-state index contributed by atoms with van der Waals surface area (Å²) in [5.74, 6) is 0. The van der Waals surface area contributed by atoms with Crippen molar-refractivity contribution < 1.29 is 0 Å². The number of hydrogen-bond acceptors (Lipinski definition) is 0. The fourth-order valence-corrected chi connectivity index (χ4v) is 3.80. The van der Waals surface area contributed by atoms with E-state index < -0.39 is 0 Å². The molecule has 0 amide bonds. The second kappa shape index (κ2) is 7.13. The number of rotatable bonds is 5. The second-order valence-electron chi connectivity index (χ2n) is 4.37. The third-order valence-electron chi connectivity index (χ3n) is 2.78. The van der Waals surface area contributed by atoms with Crippen LogP contribution in [-0.4, -0.2) is 15.0 Å². The summed E-state index contributed by atoms with van der Waals surface area (Å²) in [7, 11) is 0. The van der Waals surface area contributed by atoms with Gasteiger partial charge in [-0.05, 0) is 0 Å². The molecule has 96 valence electrons. The summed E-state index contributed by atoms with van der Waals surface area (Å²) in [6, 6.07) is 19.5. The van der Waals surface area contributed by atoms with Crippen molar-refractivity contribution in [3.8, 4) is 0 Å². The Morgan fingerprint density at radius 1 is 1.05 bits per heavy atom. The van der Waals surface area contributed by atoms with E-state index >= 15 is 0 Å². The van der Waals surface area contributed by atoms with Gasteiger partial charge in [0.2, 0.25) is 0 Å². The second-order valence-corrected chi connectivity index (χ2v) is 6.71. The number of hydrogen-bond donors (Lipinski definition) is 0. The third-order valence-corrected chi connectivity index (χ3v) is 5.15. The van der Waals surface area contributed by atoms with Crippen molar-refractivity contribution in [1.29, 1.82) is 0 Å². The van der Waals surface area contributed by atoms with Gasteiger partial charge in [-0.2, -0.15) is 0 Å². The van der Waals surface area contributed by atoms with Crippen LogP contribution in [0, 0.1) is 6.92 Å². The molecule has 2 rings (SSSR count). The SMILES string of the molecule is C=CC/C=C(\[Se]c1ccccc1)c1ccc(C)cc1. The molecular formula is C18H18Se. The van der Waals surface area contributed by atoms with Crippen LogP contribution in [0.25, 0.3) is 4.47 Å². The summed E-state index contributed by atoms with van der Waals surface area (Å²) in [4.78, 5) is 0. The van der Waals surface area contributed by atoms with Crippen LogP contribution in [0.3, 0.4) is 0 Å². The van der Waals surface area contributed by atoms with Crippen molar-refractivity contribution in [1.82, 2.24) is 0 Å². The molecule has 0 unspecified atom stereocenters. The molecule has 2 aromatic rings. The van der Waals surface area contributed by atoms with Crippen molar-refractivity contribution in [2.24, 2.45) is 0 Å². The van der Waals surface area contributed by atoms with Crippen LogP contribution in [0.15, 0.2) is 73.3 Å². The molecule has 1 heteroatoms. The topological polar surface area (TPSA) is 0 Å². The Labute approximate surface area is 122 Å². The molecule has 19 heavy (non-hydrogen) atoms. The fraction of sp³-hybridized carbons (Fsp3) is 0.111. The quantitative estimate of drug-likeness (QED) is 0.579. The molecule has 0 nitrogen and oxygen atoms in total. The summed E-state index contributed by atoms with van der Waals surface area (Å²) in [6.07, 6.45) is 5.18. The molecule has 0 atom stereocenters.